The summed E-state index contributed by atoms with van der Waals surface area (Å²) in [5.74, 6) is 0.468. The van der Waals surface area contributed by atoms with Crippen LogP contribution in [0.15, 0.2) is 42.5 Å². The summed E-state index contributed by atoms with van der Waals surface area (Å²) in [6, 6.07) is 13.2. The van der Waals surface area contributed by atoms with E-state index in [1.54, 1.807) is 18.2 Å². The molecule has 0 radical (unpaired) electrons. The van der Waals surface area contributed by atoms with Crippen LogP contribution in [0.2, 0.25) is 10.0 Å². The van der Waals surface area contributed by atoms with Gasteiger partial charge in [-0.15, -0.1) is 0 Å². The molecule has 1 atom stereocenters. The van der Waals surface area contributed by atoms with Crippen LogP contribution in [0, 0.1) is 5.92 Å². The minimum Gasteiger partial charge on any atom is -0.346 e. The molecular formula is C19H21Cl2NO. The van der Waals surface area contributed by atoms with Crippen LogP contribution in [0.4, 0.5) is 0 Å². The highest BCUT2D eigenvalue weighted by Gasteiger charge is 2.13. The Kier molecular flexibility index (Phi) is 6.09. The molecule has 0 unspecified atom stereocenters. The van der Waals surface area contributed by atoms with E-state index in [0.29, 0.717) is 21.5 Å². The minimum absolute atomic E-state index is 0.0787. The molecule has 0 spiro atoms. The Bertz CT molecular complexity index is 680. The zero-order valence-corrected chi connectivity index (χ0v) is 15.1. The molecule has 1 N–H and O–H groups in total. The molecule has 2 aromatic rings. The number of hydrogen-bond donors (Lipinski definition) is 1. The van der Waals surface area contributed by atoms with Crippen LogP contribution in [0.5, 0.6) is 0 Å². The van der Waals surface area contributed by atoms with Crippen molar-refractivity contribution >= 4 is 29.1 Å². The first-order valence-electron chi connectivity index (χ1n) is 7.71. The average Bonchev–Trinajstić information content (AvgIpc) is 2.50. The molecule has 0 aliphatic heterocycles. The average molecular weight is 350 g/mol. The van der Waals surface area contributed by atoms with Crippen LogP contribution in [0.1, 0.15) is 48.3 Å². The van der Waals surface area contributed by atoms with Gasteiger partial charge in [-0.2, -0.15) is 0 Å². The molecule has 122 valence electrons. The number of benzene rings is 2. The Morgan fingerprint density at radius 2 is 1.65 bits per heavy atom. The lowest BCUT2D eigenvalue weighted by Gasteiger charge is -2.15. The predicted molar refractivity (Wildman–Crippen MR) is 97.3 cm³/mol. The van der Waals surface area contributed by atoms with Gasteiger partial charge in [0, 0.05) is 5.56 Å². The lowest BCUT2D eigenvalue weighted by molar-refractivity contribution is 0.0940. The smallest absolute Gasteiger partial charge is 0.251 e. The van der Waals surface area contributed by atoms with Gasteiger partial charge in [-0.1, -0.05) is 61.3 Å². The molecule has 0 aliphatic carbocycles. The first kappa shape index (κ1) is 17.8. The van der Waals surface area contributed by atoms with Gasteiger partial charge in [0.25, 0.3) is 5.91 Å². The molecule has 4 heteroatoms. The lowest BCUT2D eigenvalue weighted by atomic mass is 10.00. The summed E-state index contributed by atoms with van der Waals surface area (Å²) in [6.45, 7) is 6.37. The quantitative estimate of drug-likeness (QED) is 0.738. The van der Waals surface area contributed by atoms with Crippen LogP contribution in [0.3, 0.4) is 0 Å². The van der Waals surface area contributed by atoms with Gasteiger partial charge < -0.3 is 5.32 Å². The molecular weight excluding hydrogens is 329 g/mol. The van der Waals surface area contributed by atoms with Gasteiger partial charge in [0.2, 0.25) is 0 Å². The largest absolute Gasteiger partial charge is 0.346 e. The molecule has 0 saturated carbocycles. The Morgan fingerprint density at radius 1 is 1.00 bits per heavy atom. The van der Waals surface area contributed by atoms with E-state index >= 15 is 0 Å². The van der Waals surface area contributed by atoms with Crippen molar-refractivity contribution in [1.82, 2.24) is 5.32 Å². The molecule has 0 aliphatic rings. The molecule has 1 amide bonds. The van der Waals surface area contributed by atoms with Crippen LogP contribution in [0.25, 0.3) is 0 Å². The van der Waals surface area contributed by atoms with Crippen molar-refractivity contribution in [3.63, 3.8) is 0 Å². The number of hydrogen-bond acceptors (Lipinski definition) is 1. The SMILES string of the molecule is CC(C)Cc1ccc([C@H](C)NC(=O)c2ccc(Cl)c(Cl)c2)cc1. The summed E-state index contributed by atoms with van der Waals surface area (Å²) < 4.78 is 0. The number of halogens is 2. The molecule has 2 rings (SSSR count). The van der Waals surface area contributed by atoms with Crippen LogP contribution in [-0.4, -0.2) is 5.91 Å². The highest BCUT2D eigenvalue weighted by Crippen LogP contribution is 2.23. The topological polar surface area (TPSA) is 29.1 Å². The van der Waals surface area contributed by atoms with Gasteiger partial charge in [-0.3, -0.25) is 4.79 Å². The fraction of sp³-hybridized carbons (Fsp3) is 0.316. The monoisotopic (exact) mass is 349 g/mol. The van der Waals surface area contributed by atoms with Gasteiger partial charge >= 0.3 is 0 Å². The molecule has 0 saturated heterocycles. The molecule has 0 fully saturated rings. The molecule has 0 heterocycles. The number of nitrogens with one attached hydrogen (secondary N) is 1. The maximum absolute atomic E-state index is 12.3. The molecule has 0 bridgehead atoms. The Balaban J connectivity index is 2.04. The van der Waals surface area contributed by atoms with E-state index in [0.717, 1.165) is 12.0 Å². The second-order valence-corrected chi connectivity index (χ2v) is 6.98. The van der Waals surface area contributed by atoms with Gasteiger partial charge in [-0.25, -0.2) is 0 Å². The highest BCUT2D eigenvalue weighted by molar-refractivity contribution is 6.42. The molecule has 2 nitrogen and oxygen atoms in total. The summed E-state index contributed by atoms with van der Waals surface area (Å²) in [5.41, 5.74) is 2.89. The summed E-state index contributed by atoms with van der Waals surface area (Å²) in [5, 5.41) is 3.80. The summed E-state index contributed by atoms with van der Waals surface area (Å²) in [6.07, 6.45) is 1.06. The zero-order chi connectivity index (χ0) is 17.0. The van der Waals surface area contributed by atoms with E-state index in [2.05, 4.69) is 43.4 Å². The maximum Gasteiger partial charge on any atom is 0.251 e. The molecule has 2 aromatic carbocycles. The Hall–Kier alpha value is -1.51. The van der Waals surface area contributed by atoms with Crippen molar-refractivity contribution in [2.24, 2.45) is 5.92 Å². The maximum atomic E-state index is 12.3. The van der Waals surface area contributed by atoms with E-state index in [9.17, 15) is 4.79 Å². The van der Waals surface area contributed by atoms with Crippen molar-refractivity contribution in [1.29, 1.82) is 0 Å². The highest BCUT2D eigenvalue weighted by atomic mass is 35.5. The minimum atomic E-state index is -0.165. The van der Waals surface area contributed by atoms with Crippen molar-refractivity contribution in [2.45, 2.75) is 33.2 Å². The normalized spacial score (nSPS) is 12.3. The number of rotatable bonds is 5. The third-order valence-corrected chi connectivity index (χ3v) is 4.39. The van der Waals surface area contributed by atoms with Gasteiger partial charge in [0.15, 0.2) is 0 Å². The van der Waals surface area contributed by atoms with Crippen molar-refractivity contribution in [3.8, 4) is 0 Å². The first-order valence-corrected chi connectivity index (χ1v) is 8.47. The van der Waals surface area contributed by atoms with Crippen LogP contribution in [-0.2, 0) is 6.42 Å². The van der Waals surface area contributed by atoms with E-state index in [1.807, 2.05) is 6.92 Å². The summed E-state index contributed by atoms with van der Waals surface area (Å²) in [4.78, 5) is 12.3. The van der Waals surface area contributed by atoms with Crippen molar-refractivity contribution < 1.29 is 4.79 Å². The Labute approximate surface area is 147 Å². The predicted octanol–water partition coefficient (Wildman–Crippen LogP) is 5.68. The number of carbonyl (C=O) groups is 1. The fourth-order valence-electron chi connectivity index (χ4n) is 2.41. The lowest BCUT2D eigenvalue weighted by Crippen LogP contribution is -2.26. The number of carbonyl (C=O) groups excluding carboxylic acids is 1. The summed E-state index contributed by atoms with van der Waals surface area (Å²) >= 11 is 11.8. The van der Waals surface area contributed by atoms with E-state index < -0.39 is 0 Å². The van der Waals surface area contributed by atoms with Gasteiger partial charge in [-0.05, 0) is 48.6 Å². The first-order chi connectivity index (χ1) is 10.9. The third-order valence-electron chi connectivity index (χ3n) is 3.65. The second kappa shape index (κ2) is 7.85. The van der Waals surface area contributed by atoms with E-state index in [-0.39, 0.29) is 11.9 Å². The van der Waals surface area contributed by atoms with Crippen molar-refractivity contribution in [3.05, 3.63) is 69.2 Å². The Morgan fingerprint density at radius 3 is 2.22 bits per heavy atom. The third kappa shape index (κ3) is 4.98. The summed E-state index contributed by atoms with van der Waals surface area (Å²) in [7, 11) is 0. The molecule has 0 aromatic heterocycles. The zero-order valence-electron chi connectivity index (χ0n) is 13.6. The molecule has 23 heavy (non-hydrogen) atoms. The van der Waals surface area contributed by atoms with E-state index in [4.69, 9.17) is 23.2 Å². The van der Waals surface area contributed by atoms with E-state index in [1.165, 1.54) is 5.56 Å². The van der Waals surface area contributed by atoms with Crippen LogP contribution < -0.4 is 5.32 Å². The van der Waals surface area contributed by atoms with Gasteiger partial charge in [0.05, 0.1) is 16.1 Å². The standard InChI is InChI=1S/C19H21Cl2NO/c1-12(2)10-14-4-6-15(7-5-14)13(3)22-19(23)16-8-9-17(20)18(21)11-16/h4-9,11-13H,10H2,1-3H3,(H,22,23)/t13-/m0/s1. The second-order valence-electron chi connectivity index (χ2n) is 6.16. The number of amides is 1. The van der Waals surface area contributed by atoms with Gasteiger partial charge in [0.1, 0.15) is 0 Å². The van der Waals surface area contributed by atoms with Crippen LogP contribution >= 0.6 is 23.2 Å². The van der Waals surface area contributed by atoms with Crippen molar-refractivity contribution in [2.75, 3.05) is 0 Å². The fourth-order valence-corrected chi connectivity index (χ4v) is 2.71.